The summed E-state index contributed by atoms with van der Waals surface area (Å²) in [7, 11) is 0. The fourth-order valence-corrected chi connectivity index (χ4v) is 1.43. The van der Waals surface area contributed by atoms with Gasteiger partial charge in [0.1, 0.15) is 6.33 Å². The first kappa shape index (κ1) is 12.9. The summed E-state index contributed by atoms with van der Waals surface area (Å²) in [5.41, 5.74) is 1.72. The van der Waals surface area contributed by atoms with Crippen molar-refractivity contribution < 1.29 is 9.90 Å². The summed E-state index contributed by atoms with van der Waals surface area (Å²) in [6, 6.07) is 7.41. The van der Waals surface area contributed by atoms with E-state index >= 15 is 0 Å². The van der Waals surface area contributed by atoms with Gasteiger partial charge in [-0.05, 0) is 34.2 Å². The highest BCUT2D eigenvalue weighted by atomic mass is 16.3. The molecule has 0 saturated heterocycles. The molecule has 0 bridgehead atoms. The van der Waals surface area contributed by atoms with Crippen LogP contribution in [-0.4, -0.2) is 44.4 Å². The summed E-state index contributed by atoms with van der Waals surface area (Å²) in [5, 5.41) is 22.0. The molecule has 2 rings (SSSR count). The zero-order valence-corrected chi connectivity index (χ0v) is 10.1. The van der Waals surface area contributed by atoms with Crippen molar-refractivity contribution in [3.63, 3.8) is 0 Å². The number of aromatic nitrogens is 4. The Morgan fingerprint density at radius 2 is 2.16 bits per heavy atom. The Hall–Kier alpha value is -2.54. The van der Waals surface area contributed by atoms with Crippen molar-refractivity contribution in [1.82, 2.24) is 25.5 Å². The SMILES string of the molecule is O=C(/C=C/c1ccc(-n2cnnn2)cc1)NCCO. The minimum absolute atomic E-state index is 0.0692. The maximum absolute atomic E-state index is 11.3. The second-order valence-corrected chi connectivity index (χ2v) is 3.69. The summed E-state index contributed by atoms with van der Waals surface area (Å²) in [5.74, 6) is -0.237. The summed E-state index contributed by atoms with van der Waals surface area (Å²) in [4.78, 5) is 11.3. The van der Waals surface area contributed by atoms with E-state index in [9.17, 15) is 4.79 Å². The maximum Gasteiger partial charge on any atom is 0.244 e. The Kier molecular flexibility index (Phi) is 4.35. The van der Waals surface area contributed by atoms with Crippen molar-refractivity contribution >= 4 is 12.0 Å². The predicted molar refractivity (Wildman–Crippen MR) is 68.3 cm³/mol. The van der Waals surface area contributed by atoms with Crippen molar-refractivity contribution in [1.29, 1.82) is 0 Å². The molecule has 7 heteroatoms. The van der Waals surface area contributed by atoms with Crippen LogP contribution in [0.5, 0.6) is 0 Å². The lowest BCUT2D eigenvalue weighted by Crippen LogP contribution is -2.24. The highest BCUT2D eigenvalue weighted by Gasteiger charge is 1.97. The minimum Gasteiger partial charge on any atom is -0.395 e. The van der Waals surface area contributed by atoms with E-state index in [0.717, 1.165) is 11.3 Å². The number of aliphatic hydroxyl groups is 1. The van der Waals surface area contributed by atoms with E-state index in [1.165, 1.54) is 12.4 Å². The number of benzene rings is 1. The molecule has 2 aromatic rings. The normalized spacial score (nSPS) is 10.8. The minimum atomic E-state index is -0.237. The molecule has 0 spiro atoms. The molecule has 0 saturated carbocycles. The van der Waals surface area contributed by atoms with Gasteiger partial charge in [-0.25, -0.2) is 4.68 Å². The largest absolute Gasteiger partial charge is 0.395 e. The molecule has 0 aliphatic rings. The van der Waals surface area contributed by atoms with Crippen LogP contribution in [-0.2, 0) is 4.79 Å². The van der Waals surface area contributed by atoms with Crippen LogP contribution in [0.4, 0.5) is 0 Å². The predicted octanol–water partition coefficient (Wildman–Crippen LogP) is -0.216. The molecule has 1 amide bonds. The van der Waals surface area contributed by atoms with E-state index in [-0.39, 0.29) is 19.1 Å². The Morgan fingerprint density at radius 1 is 1.37 bits per heavy atom. The molecule has 0 unspecified atom stereocenters. The van der Waals surface area contributed by atoms with E-state index in [0.29, 0.717) is 0 Å². The average molecular weight is 259 g/mol. The van der Waals surface area contributed by atoms with Gasteiger partial charge in [0, 0.05) is 12.6 Å². The molecule has 0 fully saturated rings. The topological polar surface area (TPSA) is 92.9 Å². The lowest BCUT2D eigenvalue weighted by molar-refractivity contribution is -0.116. The van der Waals surface area contributed by atoms with Crippen molar-refractivity contribution in [3.05, 3.63) is 42.2 Å². The van der Waals surface area contributed by atoms with Gasteiger partial charge in [0.05, 0.1) is 12.3 Å². The van der Waals surface area contributed by atoms with Crippen molar-refractivity contribution in [2.75, 3.05) is 13.2 Å². The third-order valence-corrected chi connectivity index (χ3v) is 2.34. The third kappa shape index (κ3) is 3.71. The van der Waals surface area contributed by atoms with Crippen molar-refractivity contribution in [3.8, 4) is 5.69 Å². The smallest absolute Gasteiger partial charge is 0.244 e. The monoisotopic (exact) mass is 259 g/mol. The van der Waals surface area contributed by atoms with Crippen molar-refractivity contribution in [2.24, 2.45) is 0 Å². The molecule has 19 heavy (non-hydrogen) atoms. The van der Waals surface area contributed by atoms with Gasteiger partial charge in [-0.3, -0.25) is 4.79 Å². The number of carbonyl (C=O) groups is 1. The Labute approximate surface area is 109 Å². The number of aliphatic hydroxyl groups excluding tert-OH is 1. The van der Waals surface area contributed by atoms with Crippen LogP contribution >= 0.6 is 0 Å². The third-order valence-electron chi connectivity index (χ3n) is 2.34. The van der Waals surface area contributed by atoms with Gasteiger partial charge in [0.2, 0.25) is 5.91 Å². The Bertz CT molecular complexity index is 548. The van der Waals surface area contributed by atoms with Crippen LogP contribution in [0.2, 0.25) is 0 Å². The zero-order valence-electron chi connectivity index (χ0n) is 10.1. The highest BCUT2D eigenvalue weighted by molar-refractivity contribution is 5.91. The number of nitrogens with one attached hydrogen (secondary N) is 1. The van der Waals surface area contributed by atoms with Gasteiger partial charge >= 0.3 is 0 Å². The van der Waals surface area contributed by atoms with E-state index in [1.54, 1.807) is 10.8 Å². The van der Waals surface area contributed by atoms with Crippen LogP contribution < -0.4 is 5.32 Å². The number of hydrogen-bond acceptors (Lipinski definition) is 5. The molecule has 0 aliphatic carbocycles. The first-order valence-electron chi connectivity index (χ1n) is 5.70. The average Bonchev–Trinajstić information content (AvgIpc) is 2.97. The molecule has 98 valence electrons. The summed E-state index contributed by atoms with van der Waals surface area (Å²) in [6.07, 6.45) is 4.62. The molecule has 0 atom stereocenters. The number of carbonyl (C=O) groups excluding carboxylic acids is 1. The fourth-order valence-electron chi connectivity index (χ4n) is 1.43. The summed E-state index contributed by atoms with van der Waals surface area (Å²) < 4.78 is 1.54. The highest BCUT2D eigenvalue weighted by Crippen LogP contribution is 2.08. The van der Waals surface area contributed by atoms with E-state index in [2.05, 4.69) is 20.8 Å². The van der Waals surface area contributed by atoms with E-state index < -0.39 is 0 Å². The van der Waals surface area contributed by atoms with Crippen LogP contribution in [0.15, 0.2) is 36.7 Å². The number of hydrogen-bond donors (Lipinski definition) is 2. The molecule has 1 heterocycles. The Morgan fingerprint density at radius 3 is 2.79 bits per heavy atom. The van der Waals surface area contributed by atoms with Gasteiger partial charge in [0.15, 0.2) is 0 Å². The number of amides is 1. The molecular weight excluding hydrogens is 246 g/mol. The maximum atomic E-state index is 11.3. The number of rotatable bonds is 5. The van der Waals surface area contributed by atoms with Crippen LogP contribution in [0.25, 0.3) is 11.8 Å². The van der Waals surface area contributed by atoms with Gasteiger partial charge in [-0.1, -0.05) is 12.1 Å². The zero-order chi connectivity index (χ0) is 13.5. The van der Waals surface area contributed by atoms with Gasteiger partial charge in [0.25, 0.3) is 0 Å². The van der Waals surface area contributed by atoms with E-state index in [4.69, 9.17) is 5.11 Å². The van der Waals surface area contributed by atoms with Crippen molar-refractivity contribution in [2.45, 2.75) is 0 Å². The first-order valence-corrected chi connectivity index (χ1v) is 5.70. The molecular formula is C12H13N5O2. The van der Waals surface area contributed by atoms with Crippen LogP contribution in [0.1, 0.15) is 5.56 Å². The molecule has 0 radical (unpaired) electrons. The lowest BCUT2D eigenvalue weighted by Gasteiger charge is -2.00. The fraction of sp³-hybridized carbons (Fsp3) is 0.167. The van der Waals surface area contributed by atoms with Gasteiger partial charge in [-0.15, -0.1) is 5.10 Å². The van der Waals surface area contributed by atoms with Crippen LogP contribution in [0, 0.1) is 0 Å². The second-order valence-electron chi connectivity index (χ2n) is 3.69. The molecule has 7 nitrogen and oxygen atoms in total. The Balaban J connectivity index is 1.99. The molecule has 1 aromatic heterocycles. The summed E-state index contributed by atoms with van der Waals surface area (Å²) >= 11 is 0. The second kappa shape index (κ2) is 6.41. The molecule has 2 N–H and O–H groups in total. The number of nitrogens with zero attached hydrogens (tertiary/aromatic N) is 4. The van der Waals surface area contributed by atoms with E-state index in [1.807, 2.05) is 24.3 Å². The lowest BCUT2D eigenvalue weighted by atomic mass is 10.2. The number of tetrazole rings is 1. The van der Waals surface area contributed by atoms with Gasteiger partial charge in [-0.2, -0.15) is 0 Å². The standard InChI is InChI=1S/C12H13N5O2/c18-8-7-13-12(19)6-3-10-1-4-11(5-2-10)17-9-14-15-16-17/h1-6,9,18H,7-8H2,(H,13,19)/b6-3+. The molecule has 0 aliphatic heterocycles. The van der Waals surface area contributed by atoms with Crippen LogP contribution in [0.3, 0.4) is 0 Å². The van der Waals surface area contributed by atoms with Gasteiger partial charge < -0.3 is 10.4 Å². The molecule has 1 aromatic carbocycles. The summed E-state index contributed by atoms with van der Waals surface area (Å²) in [6.45, 7) is 0.182. The first-order chi connectivity index (χ1) is 9.29. The quantitative estimate of drug-likeness (QED) is 0.724.